The molecule has 11 heteroatoms. The molecule has 0 radical (unpaired) electrons. The van der Waals surface area contributed by atoms with Crippen LogP contribution in [0.3, 0.4) is 0 Å². The van der Waals surface area contributed by atoms with Crippen LogP contribution >= 0.6 is 15.9 Å². The molecule has 35 heavy (non-hydrogen) atoms. The molecule has 178 valence electrons. The minimum absolute atomic E-state index is 0.379. The number of barbiturate groups is 1. The minimum atomic E-state index is -1.70. The van der Waals surface area contributed by atoms with Crippen LogP contribution in [0.4, 0.5) is 10.7 Å². The Labute approximate surface area is 209 Å². The molecular weight excluding hydrogens is 516 g/mol. The van der Waals surface area contributed by atoms with Gasteiger partial charge in [-0.1, -0.05) is 28.1 Å². The molecule has 0 atom stereocenters. The Morgan fingerprint density at radius 3 is 1.91 bits per heavy atom. The third-order valence-electron chi connectivity index (χ3n) is 6.02. The third kappa shape index (κ3) is 4.35. The number of ether oxygens (including phenoxy) is 1. The lowest BCUT2D eigenvalue weighted by molar-refractivity contribution is -0.149. The summed E-state index contributed by atoms with van der Waals surface area (Å²) in [6.45, 7) is 1.77. The average molecular weight is 537 g/mol. The smallest absolute Gasteiger partial charge is 0.328 e. The van der Waals surface area contributed by atoms with Gasteiger partial charge in [0.2, 0.25) is 11.5 Å². The van der Waals surface area contributed by atoms with Gasteiger partial charge in [0, 0.05) is 43.0 Å². The molecule has 4 amide bonds. The van der Waals surface area contributed by atoms with Crippen LogP contribution in [0.15, 0.2) is 71.5 Å². The zero-order valence-corrected chi connectivity index (χ0v) is 20.1. The first-order valence-corrected chi connectivity index (χ1v) is 11.7. The first-order valence-electron chi connectivity index (χ1n) is 10.9. The van der Waals surface area contributed by atoms with Gasteiger partial charge in [-0.2, -0.15) is 0 Å². The zero-order chi connectivity index (χ0) is 24.4. The van der Waals surface area contributed by atoms with Gasteiger partial charge < -0.3 is 9.64 Å². The highest BCUT2D eigenvalue weighted by molar-refractivity contribution is 9.10. The van der Waals surface area contributed by atoms with Crippen LogP contribution in [0.25, 0.3) is 0 Å². The van der Waals surface area contributed by atoms with Gasteiger partial charge >= 0.3 is 6.03 Å². The lowest BCUT2D eigenvalue weighted by Gasteiger charge is -2.46. The molecular formula is C24H21BrN6O4. The Hall–Kier alpha value is -3.83. The fourth-order valence-electron chi connectivity index (χ4n) is 4.35. The van der Waals surface area contributed by atoms with Gasteiger partial charge in [-0.3, -0.25) is 25.1 Å². The largest absolute Gasteiger partial charge is 0.457 e. The first kappa shape index (κ1) is 22.9. The number of piperazine rings is 1. The summed E-state index contributed by atoms with van der Waals surface area (Å²) in [7, 11) is 0. The number of halogens is 1. The van der Waals surface area contributed by atoms with E-state index >= 15 is 0 Å². The Morgan fingerprint density at radius 1 is 0.800 bits per heavy atom. The van der Waals surface area contributed by atoms with Crippen molar-refractivity contribution in [2.45, 2.75) is 5.54 Å². The highest BCUT2D eigenvalue weighted by Gasteiger charge is 2.56. The van der Waals surface area contributed by atoms with E-state index in [1.807, 2.05) is 29.2 Å². The molecule has 2 aromatic carbocycles. The van der Waals surface area contributed by atoms with Crippen molar-refractivity contribution in [3.8, 4) is 11.5 Å². The summed E-state index contributed by atoms with van der Waals surface area (Å²) in [4.78, 5) is 50.8. The van der Waals surface area contributed by atoms with Gasteiger partial charge in [-0.25, -0.2) is 14.8 Å². The zero-order valence-electron chi connectivity index (χ0n) is 18.5. The van der Waals surface area contributed by atoms with Gasteiger partial charge in [-0.05, 0) is 48.0 Å². The summed E-state index contributed by atoms with van der Waals surface area (Å²) in [6, 6.07) is 15.0. The number of aromatic nitrogens is 2. The van der Waals surface area contributed by atoms with Crippen molar-refractivity contribution in [1.29, 1.82) is 0 Å². The maximum absolute atomic E-state index is 13.3. The standard InChI is InChI=1S/C24H21BrN6O4/c25-17-4-8-19(9-5-17)35-18-6-2-16(3-7-18)24(20(32)28-23(34)29-21(24)33)31-14-12-30(13-15-31)22-26-10-1-11-27-22/h1-11H,12-15H2,(H2,28,29,32,33,34). The molecule has 3 heterocycles. The normalized spacial score (nSPS) is 18.1. The van der Waals surface area contributed by atoms with Crippen molar-refractivity contribution in [3.05, 3.63) is 77.0 Å². The molecule has 0 saturated carbocycles. The highest BCUT2D eigenvalue weighted by Crippen LogP contribution is 2.34. The number of carbonyl (C=O) groups excluding carboxylic acids is 3. The van der Waals surface area contributed by atoms with Gasteiger partial charge in [-0.15, -0.1) is 0 Å². The molecule has 10 nitrogen and oxygen atoms in total. The van der Waals surface area contributed by atoms with Crippen LogP contribution < -0.4 is 20.3 Å². The van der Waals surface area contributed by atoms with E-state index < -0.39 is 23.4 Å². The molecule has 0 unspecified atom stereocenters. The van der Waals surface area contributed by atoms with Gasteiger partial charge in [0.25, 0.3) is 11.8 Å². The van der Waals surface area contributed by atoms with Gasteiger partial charge in [0.1, 0.15) is 11.5 Å². The second-order valence-corrected chi connectivity index (χ2v) is 8.97. The number of imide groups is 2. The van der Waals surface area contributed by atoms with E-state index in [0.717, 1.165) is 4.47 Å². The molecule has 2 fully saturated rings. The van der Waals surface area contributed by atoms with Crippen LogP contribution in [0.2, 0.25) is 0 Å². The van der Waals surface area contributed by atoms with Crippen molar-refractivity contribution in [3.63, 3.8) is 0 Å². The monoisotopic (exact) mass is 536 g/mol. The lowest BCUT2D eigenvalue weighted by atomic mass is 9.84. The Balaban J connectivity index is 1.43. The summed E-state index contributed by atoms with van der Waals surface area (Å²) in [5.41, 5.74) is -1.26. The van der Waals surface area contributed by atoms with Crippen molar-refractivity contribution in [1.82, 2.24) is 25.5 Å². The molecule has 2 saturated heterocycles. The number of urea groups is 1. The van der Waals surface area contributed by atoms with Crippen LogP contribution in [0, 0.1) is 0 Å². The quantitative estimate of drug-likeness (QED) is 0.477. The molecule has 5 rings (SSSR count). The van der Waals surface area contributed by atoms with Crippen LogP contribution in [0.1, 0.15) is 5.56 Å². The fraction of sp³-hybridized carbons (Fsp3) is 0.208. The predicted octanol–water partition coefficient (Wildman–Crippen LogP) is 2.41. The third-order valence-corrected chi connectivity index (χ3v) is 6.55. The molecule has 2 N–H and O–H groups in total. The average Bonchev–Trinajstić information content (AvgIpc) is 2.87. The summed E-state index contributed by atoms with van der Waals surface area (Å²) >= 11 is 3.39. The number of rotatable bonds is 5. The summed E-state index contributed by atoms with van der Waals surface area (Å²) in [5, 5.41) is 4.55. The number of carbonyl (C=O) groups is 3. The summed E-state index contributed by atoms with van der Waals surface area (Å²) < 4.78 is 6.81. The second kappa shape index (κ2) is 9.43. The number of anilines is 1. The highest BCUT2D eigenvalue weighted by atomic mass is 79.9. The minimum Gasteiger partial charge on any atom is -0.457 e. The van der Waals surface area contributed by atoms with E-state index in [2.05, 4.69) is 36.5 Å². The van der Waals surface area contributed by atoms with Crippen LogP contribution in [-0.2, 0) is 15.1 Å². The summed E-state index contributed by atoms with van der Waals surface area (Å²) in [5.74, 6) is 0.413. The molecule has 0 spiro atoms. The van der Waals surface area contributed by atoms with Crippen LogP contribution in [0.5, 0.6) is 11.5 Å². The SMILES string of the molecule is O=C1NC(=O)C(c2ccc(Oc3ccc(Br)cc3)cc2)(N2CCN(c3ncccn3)CC2)C(=O)N1. The number of amides is 4. The Morgan fingerprint density at radius 2 is 1.34 bits per heavy atom. The fourth-order valence-corrected chi connectivity index (χ4v) is 4.62. The molecule has 2 aliphatic rings. The predicted molar refractivity (Wildman–Crippen MR) is 130 cm³/mol. The maximum Gasteiger partial charge on any atom is 0.328 e. The molecule has 1 aromatic heterocycles. The summed E-state index contributed by atoms with van der Waals surface area (Å²) in [6.07, 6.45) is 3.34. The Kier molecular flexibility index (Phi) is 6.18. The van der Waals surface area contributed by atoms with E-state index in [1.165, 1.54) is 0 Å². The van der Waals surface area contributed by atoms with Gasteiger partial charge in [0.05, 0.1) is 0 Å². The number of nitrogens with one attached hydrogen (secondary N) is 2. The van der Waals surface area contributed by atoms with E-state index in [-0.39, 0.29) is 0 Å². The second-order valence-electron chi connectivity index (χ2n) is 8.05. The van der Waals surface area contributed by atoms with Crippen molar-refractivity contribution in [2.24, 2.45) is 0 Å². The van der Waals surface area contributed by atoms with E-state index in [0.29, 0.717) is 49.2 Å². The van der Waals surface area contributed by atoms with E-state index in [1.54, 1.807) is 47.6 Å². The molecule has 0 bridgehead atoms. The topological polar surface area (TPSA) is 117 Å². The number of hydrogen-bond acceptors (Lipinski definition) is 8. The lowest BCUT2D eigenvalue weighted by Crippen LogP contribution is -2.73. The van der Waals surface area contributed by atoms with Crippen molar-refractivity contribution < 1.29 is 19.1 Å². The molecule has 3 aromatic rings. The maximum atomic E-state index is 13.3. The first-order chi connectivity index (χ1) is 17.0. The number of hydrogen-bond donors (Lipinski definition) is 2. The molecule has 0 aliphatic carbocycles. The number of benzene rings is 2. The van der Waals surface area contributed by atoms with E-state index in [9.17, 15) is 14.4 Å². The van der Waals surface area contributed by atoms with Crippen molar-refractivity contribution >= 4 is 39.7 Å². The van der Waals surface area contributed by atoms with E-state index in [4.69, 9.17) is 4.74 Å². The van der Waals surface area contributed by atoms with Crippen LogP contribution in [-0.4, -0.2) is 58.9 Å². The molecule has 2 aliphatic heterocycles. The van der Waals surface area contributed by atoms with Crippen molar-refractivity contribution in [2.75, 3.05) is 31.1 Å². The van der Waals surface area contributed by atoms with Gasteiger partial charge in [0.15, 0.2) is 0 Å². The Bertz CT molecular complexity index is 1230. The number of nitrogens with zero attached hydrogens (tertiary/aromatic N) is 4.